The number of anilines is 1. The van der Waals surface area contributed by atoms with E-state index >= 15 is 0 Å². The summed E-state index contributed by atoms with van der Waals surface area (Å²) in [5, 5.41) is 0. The maximum Gasteiger partial charge on any atom is 0.271 e. The summed E-state index contributed by atoms with van der Waals surface area (Å²) in [4.78, 5) is 36.7. The van der Waals surface area contributed by atoms with Gasteiger partial charge in [-0.1, -0.05) is 13.8 Å². The number of aldehydes is 1. The molecule has 0 saturated carbocycles. The molecule has 0 unspecified atom stereocenters. The van der Waals surface area contributed by atoms with Crippen LogP contribution in [0.25, 0.3) is 0 Å². The van der Waals surface area contributed by atoms with Crippen LogP contribution >= 0.6 is 0 Å². The minimum absolute atomic E-state index is 0.289. The van der Waals surface area contributed by atoms with E-state index in [1.54, 1.807) is 0 Å². The summed E-state index contributed by atoms with van der Waals surface area (Å²) in [7, 11) is 1.45. The molecule has 1 heterocycles. The number of amides is 2. The largest absolute Gasteiger partial charge is 0.493 e. The van der Waals surface area contributed by atoms with Gasteiger partial charge in [0.2, 0.25) is 5.91 Å². The number of carbonyl (C=O) groups is 3. The molecule has 7 heteroatoms. The SMILES string of the molecule is CCC1(CC)Oc2c(OC)cc(C=O)cc2N(CC(N)=O)C1=O. The standard InChI is InChI=1S/C16H20N2O5/c1-4-16(5-2)15(21)18(8-13(17)20)11-6-10(9-19)7-12(22-3)14(11)23-16/h6-7,9H,4-5,8H2,1-3H3,(H2,17,20). The van der Waals surface area contributed by atoms with Crippen LogP contribution in [-0.2, 0) is 9.59 Å². The molecule has 23 heavy (non-hydrogen) atoms. The molecule has 0 atom stereocenters. The van der Waals surface area contributed by atoms with Crippen molar-refractivity contribution in [1.82, 2.24) is 0 Å². The van der Waals surface area contributed by atoms with Crippen molar-refractivity contribution in [3.05, 3.63) is 17.7 Å². The van der Waals surface area contributed by atoms with Crippen LogP contribution in [0.2, 0.25) is 0 Å². The van der Waals surface area contributed by atoms with Gasteiger partial charge < -0.3 is 15.2 Å². The normalized spacial score (nSPS) is 15.6. The molecule has 2 amide bonds. The maximum atomic E-state index is 12.9. The van der Waals surface area contributed by atoms with Gasteiger partial charge in [-0.15, -0.1) is 0 Å². The van der Waals surface area contributed by atoms with Gasteiger partial charge in [0.1, 0.15) is 12.8 Å². The lowest BCUT2D eigenvalue weighted by molar-refractivity contribution is -0.137. The van der Waals surface area contributed by atoms with Crippen molar-refractivity contribution in [2.45, 2.75) is 32.3 Å². The topological polar surface area (TPSA) is 98.9 Å². The van der Waals surface area contributed by atoms with Crippen LogP contribution in [0.15, 0.2) is 12.1 Å². The van der Waals surface area contributed by atoms with Gasteiger partial charge in [-0.2, -0.15) is 0 Å². The van der Waals surface area contributed by atoms with Gasteiger partial charge in [-0.25, -0.2) is 0 Å². The number of fused-ring (bicyclic) bond motifs is 1. The summed E-state index contributed by atoms with van der Waals surface area (Å²) in [6.45, 7) is 3.38. The van der Waals surface area contributed by atoms with E-state index in [0.29, 0.717) is 41.9 Å². The van der Waals surface area contributed by atoms with Crippen LogP contribution in [0, 0.1) is 0 Å². The quantitative estimate of drug-likeness (QED) is 0.796. The molecule has 0 bridgehead atoms. The zero-order valence-corrected chi connectivity index (χ0v) is 13.4. The van der Waals surface area contributed by atoms with Crippen molar-refractivity contribution in [1.29, 1.82) is 0 Å². The first-order valence-corrected chi connectivity index (χ1v) is 7.38. The molecule has 1 aromatic rings. The average Bonchev–Trinajstić information content (AvgIpc) is 2.56. The summed E-state index contributed by atoms with van der Waals surface area (Å²) >= 11 is 0. The number of benzene rings is 1. The molecule has 2 rings (SSSR count). The van der Waals surface area contributed by atoms with E-state index in [0.717, 1.165) is 0 Å². The molecule has 0 spiro atoms. The Morgan fingerprint density at radius 2 is 2.04 bits per heavy atom. The number of carbonyl (C=O) groups excluding carboxylic acids is 3. The Kier molecular flexibility index (Phi) is 4.58. The first-order valence-electron chi connectivity index (χ1n) is 7.38. The highest BCUT2D eigenvalue weighted by Crippen LogP contribution is 2.46. The van der Waals surface area contributed by atoms with Crippen molar-refractivity contribution in [3.63, 3.8) is 0 Å². The van der Waals surface area contributed by atoms with Crippen LogP contribution in [0.5, 0.6) is 11.5 Å². The average molecular weight is 320 g/mol. The minimum Gasteiger partial charge on any atom is -0.493 e. The van der Waals surface area contributed by atoms with Gasteiger partial charge in [0.05, 0.1) is 12.8 Å². The van der Waals surface area contributed by atoms with Gasteiger partial charge in [0.25, 0.3) is 5.91 Å². The Morgan fingerprint density at radius 3 is 2.52 bits per heavy atom. The van der Waals surface area contributed by atoms with Crippen molar-refractivity contribution in [2.75, 3.05) is 18.6 Å². The number of ether oxygens (including phenoxy) is 2. The molecule has 0 fully saturated rings. The molecular formula is C16H20N2O5. The third-order valence-corrected chi connectivity index (χ3v) is 4.09. The predicted molar refractivity (Wildman–Crippen MR) is 83.9 cm³/mol. The fourth-order valence-electron chi connectivity index (χ4n) is 2.73. The van der Waals surface area contributed by atoms with Crippen LogP contribution in [0.3, 0.4) is 0 Å². The second-order valence-corrected chi connectivity index (χ2v) is 5.35. The second kappa shape index (κ2) is 6.28. The Hall–Kier alpha value is -2.57. The van der Waals surface area contributed by atoms with Gasteiger partial charge in [-0.05, 0) is 25.0 Å². The maximum absolute atomic E-state index is 12.9. The third-order valence-electron chi connectivity index (χ3n) is 4.09. The third kappa shape index (κ3) is 2.74. The highest BCUT2D eigenvalue weighted by Gasteiger charge is 2.47. The van der Waals surface area contributed by atoms with Crippen molar-refractivity contribution >= 4 is 23.8 Å². The van der Waals surface area contributed by atoms with E-state index in [1.807, 2.05) is 13.8 Å². The van der Waals surface area contributed by atoms with Crippen LogP contribution in [-0.4, -0.2) is 37.4 Å². The number of hydrogen-bond acceptors (Lipinski definition) is 5. The number of nitrogens with two attached hydrogens (primary N) is 1. The van der Waals surface area contributed by atoms with E-state index in [9.17, 15) is 14.4 Å². The van der Waals surface area contributed by atoms with E-state index in [1.165, 1.54) is 24.1 Å². The van der Waals surface area contributed by atoms with Crippen molar-refractivity contribution < 1.29 is 23.9 Å². The highest BCUT2D eigenvalue weighted by molar-refractivity contribution is 6.07. The van der Waals surface area contributed by atoms with Gasteiger partial charge in [-0.3, -0.25) is 19.3 Å². The van der Waals surface area contributed by atoms with Crippen LogP contribution in [0.1, 0.15) is 37.0 Å². The highest BCUT2D eigenvalue weighted by atomic mass is 16.5. The zero-order chi connectivity index (χ0) is 17.2. The van der Waals surface area contributed by atoms with Gasteiger partial charge >= 0.3 is 0 Å². The van der Waals surface area contributed by atoms with E-state index < -0.39 is 11.5 Å². The minimum atomic E-state index is -1.08. The number of hydrogen-bond donors (Lipinski definition) is 1. The van der Waals surface area contributed by atoms with Crippen molar-refractivity contribution in [3.8, 4) is 11.5 Å². The Morgan fingerprint density at radius 1 is 1.39 bits per heavy atom. The Bertz CT molecular complexity index is 652. The lowest BCUT2D eigenvalue weighted by Crippen LogP contribution is -2.57. The molecule has 0 aromatic heterocycles. The number of rotatable bonds is 6. The first kappa shape index (κ1) is 16.8. The summed E-state index contributed by atoms with van der Waals surface area (Å²) in [5.74, 6) is -0.331. The Labute approximate surface area is 134 Å². The van der Waals surface area contributed by atoms with Crippen LogP contribution in [0.4, 0.5) is 5.69 Å². The monoisotopic (exact) mass is 320 g/mol. The van der Waals surface area contributed by atoms with E-state index in [-0.39, 0.29) is 12.5 Å². The van der Waals surface area contributed by atoms with Crippen LogP contribution < -0.4 is 20.1 Å². The van der Waals surface area contributed by atoms with Gasteiger partial charge in [0.15, 0.2) is 17.1 Å². The molecule has 0 saturated heterocycles. The smallest absolute Gasteiger partial charge is 0.271 e. The molecule has 7 nitrogen and oxygen atoms in total. The predicted octanol–water partition coefficient (Wildman–Crippen LogP) is 1.28. The molecule has 2 N–H and O–H groups in total. The molecule has 1 aliphatic heterocycles. The first-order chi connectivity index (χ1) is 10.9. The van der Waals surface area contributed by atoms with Crippen molar-refractivity contribution in [2.24, 2.45) is 5.73 Å². The molecule has 1 aromatic carbocycles. The zero-order valence-electron chi connectivity index (χ0n) is 13.4. The molecular weight excluding hydrogens is 300 g/mol. The summed E-state index contributed by atoms with van der Waals surface area (Å²) in [6.07, 6.45) is 1.49. The summed E-state index contributed by atoms with van der Waals surface area (Å²) in [6, 6.07) is 3.01. The second-order valence-electron chi connectivity index (χ2n) is 5.35. The molecule has 1 aliphatic rings. The molecule has 0 radical (unpaired) electrons. The lowest BCUT2D eigenvalue weighted by atomic mass is 9.92. The number of primary amides is 1. The number of methoxy groups -OCH3 is 1. The van der Waals surface area contributed by atoms with E-state index in [2.05, 4.69) is 0 Å². The Balaban J connectivity index is 2.70. The molecule has 124 valence electrons. The fraction of sp³-hybridized carbons (Fsp3) is 0.438. The summed E-state index contributed by atoms with van der Waals surface area (Å²) in [5.41, 5.74) is 4.82. The number of nitrogens with zero attached hydrogens (tertiary/aromatic N) is 1. The van der Waals surface area contributed by atoms with E-state index in [4.69, 9.17) is 15.2 Å². The van der Waals surface area contributed by atoms with Gasteiger partial charge in [0, 0.05) is 5.56 Å². The fourth-order valence-corrected chi connectivity index (χ4v) is 2.73. The molecule has 0 aliphatic carbocycles. The lowest BCUT2D eigenvalue weighted by Gasteiger charge is -2.42. The summed E-state index contributed by atoms with van der Waals surface area (Å²) < 4.78 is 11.3.